The molecule has 1 aromatic carbocycles. The average molecular weight is 293 g/mol. The van der Waals surface area contributed by atoms with E-state index >= 15 is 0 Å². The molecule has 0 N–H and O–H groups in total. The van der Waals surface area contributed by atoms with Gasteiger partial charge >= 0.3 is 6.18 Å². The molecular formula is C14H16ClF3O. The molecule has 1 aliphatic rings. The minimum Gasteiger partial charge on any atom is -0.372 e. The summed E-state index contributed by atoms with van der Waals surface area (Å²) in [6, 6.07) is 8.03. The summed E-state index contributed by atoms with van der Waals surface area (Å²) in [6.45, 7) is -1.03. The van der Waals surface area contributed by atoms with Crippen LogP contribution >= 0.6 is 11.6 Å². The lowest BCUT2D eigenvalue weighted by molar-refractivity contribution is -0.174. The Morgan fingerprint density at radius 2 is 2.00 bits per heavy atom. The Bertz CT molecular complexity index is 419. The van der Waals surface area contributed by atoms with Gasteiger partial charge in [0.15, 0.2) is 0 Å². The van der Waals surface area contributed by atoms with Gasteiger partial charge in [-0.15, -0.1) is 11.6 Å². The highest BCUT2D eigenvalue weighted by molar-refractivity contribution is 6.21. The zero-order chi connectivity index (χ0) is 13.9. The van der Waals surface area contributed by atoms with Crippen LogP contribution in [0.5, 0.6) is 0 Å². The first-order chi connectivity index (χ1) is 8.97. The van der Waals surface area contributed by atoms with Crippen molar-refractivity contribution in [3.63, 3.8) is 0 Å². The summed E-state index contributed by atoms with van der Waals surface area (Å²) < 4.78 is 40.2. The standard InChI is InChI=1S/C14H16ClF3O/c15-13-11(5-3-7-19-9-14(16,17)18)8-10-4-1-2-6-12(10)13/h1-2,4,6,11,13H,3,5,7-9H2. The van der Waals surface area contributed by atoms with Crippen LogP contribution in [0, 0.1) is 5.92 Å². The van der Waals surface area contributed by atoms with Gasteiger partial charge in [-0.1, -0.05) is 24.3 Å². The number of halogens is 4. The fourth-order valence-corrected chi connectivity index (χ4v) is 2.94. The molecule has 0 aliphatic heterocycles. The average Bonchev–Trinajstić information content (AvgIpc) is 2.65. The summed E-state index contributed by atoms with van der Waals surface area (Å²) in [7, 11) is 0. The quantitative estimate of drug-likeness (QED) is 0.573. The molecule has 0 radical (unpaired) electrons. The van der Waals surface area contributed by atoms with Gasteiger partial charge in [0.1, 0.15) is 6.61 Å². The Morgan fingerprint density at radius 3 is 2.68 bits per heavy atom. The topological polar surface area (TPSA) is 9.23 Å². The maximum absolute atomic E-state index is 11.9. The Labute approximate surface area is 115 Å². The van der Waals surface area contributed by atoms with Crippen LogP contribution in [0.25, 0.3) is 0 Å². The van der Waals surface area contributed by atoms with Crippen molar-refractivity contribution in [3.8, 4) is 0 Å². The van der Waals surface area contributed by atoms with Gasteiger partial charge in [-0.3, -0.25) is 0 Å². The van der Waals surface area contributed by atoms with Crippen molar-refractivity contribution in [1.82, 2.24) is 0 Å². The summed E-state index contributed by atoms with van der Waals surface area (Å²) in [6.07, 6.45) is -1.93. The molecule has 0 amide bonds. The molecular weight excluding hydrogens is 277 g/mol. The van der Waals surface area contributed by atoms with E-state index in [1.807, 2.05) is 18.2 Å². The first-order valence-electron chi connectivity index (χ1n) is 6.34. The highest BCUT2D eigenvalue weighted by atomic mass is 35.5. The minimum atomic E-state index is -4.24. The van der Waals surface area contributed by atoms with Gasteiger partial charge in [0, 0.05) is 6.61 Å². The second-order valence-corrected chi connectivity index (χ2v) is 5.34. The zero-order valence-corrected chi connectivity index (χ0v) is 11.2. The van der Waals surface area contributed by atoms with Crippen LogP contribution in [-0.2, 0) is 11.2 Å². The van der Waals surface area contributed by atoms with Crippen LogP contribution in [0.2, 0.25) is 0 Å². The number of fused-ring (bicyclic) bond motifs is 1. The third-order valence-electron chi connectivity index (χ3n) is 3.38. The summed E-state index contributed by atoms with van der Waals surface area (Å²) >= 11 is 6.37. The van der Waals surface area contributed by atoms with Gasteiger partial charge in [-0.2, -0.15) is 13.2 Å². The third-order valence-corrected chi connectivity index (χ3v) is 3.97. The monoisotopic (exact) mass is 292 g/mol. The lowest BCUT2D eigenvalue weighted by Gasteiger charge is -2.14. The molecule has 19 heavy (non-hydrogen) atoms. The van der Waals surface area contributed by atoms with Gasteiger partial charge in [-0.05, 0) is 36.3 Å². The van der Waals surface area contributed by atoms with Crippen LogP contribution in [0.1, 0.15) is 29.3 Å². The number of hydrogen-bond acceptors (Lipinski definition) is 1. The van der Waals surface area contributed by atoms with Gasteiger partial charge in [-0.25, -0.2) is 0 Å². The Balaban J connectivity index is 1.72. The van der Waals surface area contributed by atoms with Crippen molar-refractivity contribution in [2.24, 2.45) is 5.92 Å². The van der Waals surface area contributed by atoms with Crippen LogP contribution in [0.15, 0.2) is 24.3 Å². The Kier molecular flexibility index (Phi) is 4.74. The highest BCUT2D eigenvalue weighted by Crippen LogP contribution is 2.42. The molecule has 106 valence electrons. The van der Waals surface area contributed by atoms with Crippen LogP contribution in [0.4, 0.5) is 13.2 Å². The summed E-state index contributed by atoms with van der Waals surface area (Å²) in [4.78, 5) is 0. The highest BCUT2D eigenvalue weighted by Gasteiger charge is 2.30. The van der Waals surface area contributed by atoms with Crippen LogP contribution < -0.4 is 0 Å². The summed E-state index contributed by atoms with van der Waals surface area (Å²) in [5.74, 6) is 0.300. The first kappa shape index (κ1) is 14.7. The van der Waals surface area contributed by atoms with E-state index in [9.17, 15) is 13.2 Å². The SMILES string of the molecule is FC(F)(F)COCCCC1Cc2ccccc2C1Cl. The molecule has 0 saturated heterocycles. The zero-order valence-electron chi connectivity index (χ0n) is 10.4. The molecule has 2 unspecified atom stereocenters. The van der Waals surface area contributed by atoms with E-state index in [1.54, 1.807) is 0 Å². The Morgan fingerprint density at radius 1 is 1.26 bits per heavy atom. The van der Waals surface area contributed by atoms with Gasteiger partial charge in [0.05, 0.1) is 5.38 Å². The molecule has 2 atom stereocenters. The largest absolute Gasteiger partial charge is 0.411 e. The molecule has 0 bridgehead atoms. The van der Waals surface area contributed by atoms with Crippen molar-refractivity contribution in [3.05, 3.63) is 35.4 Å². The van der Waals surface area contributed by atoms with Gasteiger partial charge in [0.2, 0.25) is 0 Å². The van der Waals surface area contributed by atoms with E-state index in [4.69, 9.17) is 11.6 Å². The second kappa shape index (κ2) is 6.14. The van der Waals surface area contributed by atoms with Crippen molar-refractivity contribution < 1.29 is 17.9 Å². The summed E-state index contributed by atoms with van der Waals surface area (Å²) in [5, 5.41) is -0.0289. The molecule has 1 aromatic rings. The van der Waals surface area contributed by atoms with E-state index < -0.39 is 12.8 Å². The molecule has 0 spiro atoms. The molecule has 0 heterocycles. The second-order valence-electron chi connectivity index (χ2n) is 4.87. The lowest BCUT2D eigenvalue weighted by atomic mass is 10.00. The molecule has 1 nitrogen and oxygen atoms in total. The number of benzene rings is 1. The van der Waals surface area contributed by atoms with Crippen molar-refractivity contribution in [1.29, 1.82) is 0 Å². The fraction of sp³-hybridized carbons (Fsp3) is 0.571. The Hall–Kier alpha value is -0.740. The van der Waals surface area contributed by atoms with Gasteiger partial charge < -0.3 is 4.74 Å². The maximum Gasteiger partial charge on any atom is 0.411 e. The first-order valence-corrected chi connectivity index (χ1v) is 6.77. The van der Waals surface area contributed by atoms with Crippen molar-refractivity contribution >= 4 is 11.6 Å². The van der Waals surface area contributed by atoms with E-state index in [0.29, 0.717) is 12.3 Å². The smallest absolute Gasteiger partial charge is 0.372 e. The number of ether oxygens (including phenoxy) is 1. The number of rotatable bonds is 5. The van der Waals surface area contributed by atoms with Gasteiger partial charge in [0.25, 0.3) is 0 Å². The van der Waals surface area contributed by atoms with E-state index in [0.717, 1.165) is 18.4 Å². The normalized spacial score (nSPS) is 22.5. The fourth-order valence-electron chi connectivity index (χ4n) is 2.51. The van der Waals surface area contributed by atoms with Crippen molar-refractivity contribution in [2.75, 3.05) is 13.2 Å². The molecule has 0 saturated carbocycles. The minimum absolute atomic E-state index is 0.0289. The molecule has 1 aliphatic carbocycles. The van der Waals surface area contributed by atoms with Crippen LogP contribution in [-0.4, -0.2) is 19.4 Å². The maximum atomic E-state index is 11.9. The summed E-state index contributed by atoms with van der Waals surface area (Å²) in [5.41, 5.74) is 2.41. The van der Waals surface area contributed by atoms with Crippen LogP contribution in [0.3, 0.4) is 0 Å². The molecule has 2 rings (SSSR count). The lowest BCUT2D eigenvalue weighted by Crippen LogP contribution is -2.17. The van der Waals surface area contributed by atoms with E-state index in [2.05, 4.69) is 10.8 Å². The van der Waals surface area contributed by atoms with E-state index in [-0.39, 0.29) is 12.0 Å². The predicted octanol–water partition coefficient (Wildman–Crippen LogP) is 4.50. The number of alkyl halides is 4. The molecule has 0 fully saturated rings. The molecule has 5 heteroatoms. The number of hydrogen-bond donors (Lipinski definition) is 0. The predicted molar refractivity (Wildman–Crippen MR) is 68.3 cm³/mol. The van der Waals surface area contributed by atoms with E-state index in [1.165, 1.54) is 5.56 Å². The molecule has 0 aromatic heterocycles. The van der Waals surface area contributed by atoms with Crippen molar-refractivity contribution in [2.45, 2.75) is 30.8 Å². The third kappa shape index (κ3) is 4.11.